The highest BCUT2D eigenvalue weighted by atomic mass is 32.1. The van der Waals surface area contributed by atoms with E-state index in [0.29, 0.717) is 12.1 Å². The van der Waals surface area contributed by atoms with E-state index in [1.807, 2.05) is 19.1 Å². The fourth-order valence-corrected chi connectivity index (χ4v) is 3.77. The lowest BCUT2D eigenvalue weighted by atomic mass is 9.93. The molecule has 1 aliphatic heterocycles. The smallest absolute Gasteiger partial charge is 0.276 e. The normalized spacial score (nSPS) is 26.2. The summed E-state index contributed by atoms with van der Waals surface area (Å²) in [7, 11) is 1.64. The molecule has 0 bridgehead atoms. The molecular weight excluding hydrogens is 428 g/mol. The average molecular weight is 457 g/mol. The van der Waals surface area contributed by atoms with E-state index >= 15 is 0 Å². The van der Waals surface area contributed by atoms with Crippen LogP contribution in [0.5, 0.6) is 0 Å². The monoisotopic (exact) mass is 456 g/mol. The number of benzene rings is 2. The Kier molecular flexibility index (Phi) is 8.30. The maximum Gasteiger partial charge on any atom is 0.276 e. The molecule has 0 aromatic heterocycles. The summed E-state index contributed by atoms with van der Waals surface area (Å²) in [5, 5.41) is 0. The van der Waals surface area contributed by atoms with Gasteiger partial charge in [0.1, 0.15) is 17.9 Å². The zero-order valence-corrected chi connectivity index (χ0v) is 18.7. The third-order valence-corrected chi connectivity index (χ3v) is 5.65. The summed E-state index contributed by atoms with van der Waals surface area (Å²) in [5.74, 6) is -3.79. The number of hydrogen-bond donors (Lipinski definition) is 2. The molecule has 3 atom stereocenters. The molecule has 3 nitrogen and oxygen atoms in total. The third-order valence-electron chi connectivity index (χ3n) is 5.65. The second kappa shape index (κ2) is 10.1. The number of alkyl halides is 2. The summed E-state index contributed by atoms with van der Waals surface area (Å²) in [6.07, 6.45) is 3.36. The molecule has 2 aromatic rings. The number of halogens is 4. The summed E-state index contributed by atoms with van der Waals surface area (Å²) in [5.41, 5.74) is 6.07. The van der Waals surface area contributed by atoms with Crippen LogP contribution in [0.1, 0.15) is 24.8 Å². The van der Waals surface area contributed by atoms with Gasteiger partial charge in [-0.3, -0.25) is 4.90 Å². The molecule has 0 amide bonds. The van der Waals surface area contributed by atoms with Gasteiger partial charge in [-0.2, -0.15) is 12.6 Å². The standard InChI is InChI=1S/C17H14F2O.C5H10F2N2.CH4S/c1-17(10-20)9-13(17)11-5-2-3-6-12(11)16-14(18)7-4-8-15(16)19;1-9-2-4(8)5(6,7)3-9;1-2/h2-8,10,13H,9H2,1H3;4H,2-3,8H2,1H3;2H,1H3. The number of aldehydes is 1. The molecule has 2 aromatic carbocycles. The van der Waals surface area contributed by atoms with Crippen LogP contribution in [0.3, 0.4) is 0 Å². The molecule has 2 N–H and O–H groups in total. The number of likely N-dealkylation sites (tertiary alicyclic amines) is 1. The van der Waals surface area contributed by atoms with E-state index in [9.17, 15) is 22.4 Å². The maximum atomic E-state index is 14.0. The number of thiol groups is 1. The lowest BCUT2D eigenvalue weighted by Gasteiger charge is -2.12. The van der Waals surface area contributed by atoms with Crippen LogP contribution in [0.2, 0.25) is 0 Å². The molecule has 2 aliphatic rings. The van der Waals surface area contributed by atoms with Gasteiger partial charge in [-0.1, -0.05) is 37.3 Å². The lowest BCUT2D eigenvalue weighted by molar-refractivity contribution is -0.111. The molecule has 170 valence electrons. The number of likely N-dealkylation sites (N-methyl/N-ethyl adjacent to an activating group) is 1. The van der Waals surface area contributed by atoms with E-state index in [0.717, 1.165) is 18.3 Å². The summed E-state index contributed by atoms with van der Waals surface area (Å²) in [4.78, 5) is 12.6. The first-order valence-electron chi connectivity index (χ1n) is 9.85. The molecule has 1 saturated heterocycles. The molecular formula is C23H28F4N2OS. The van der Waals surface area contributed by atoms with Gasteiger partial charge in [-0.05, 0) is 48.9 Å². The van der Waals surface area contributed by atoms with Crippen LogP contribution in [0.15, 0.2) is 42.5 Å². The molecule has 3 unspecified atom stereocenters. The van der Waals surface area contributed by atoms with Crippen molar-refractivity contribution < 1.29 is 22.4 Å². The molecule has 1 aliphatic carbocycles. The van der Waals surface area contributed by atoms with Crippen LogP contribution in [-0.2, 0) is 4.79 Å². The quantitative estimate of drug-likeness (QED) is 0.398. The van der Waals surface area contributed by atoms with Crippen molar-refractivity contribution in [2.24, 2.45) is 11.1 Å². The molecule has 8 heteroatoms. The van der Waals surface area contributed by atoms with Crippen molar-refractivity contribution in [3.8, 4) is 11.1 Å². The zero-order chi connectivity index (χ0) is 23.4. The fraction of sp³-hybridized carbons (Fsp3) is 0.435. The molecule has 0 radical (unpaired) electrons. The van der Waals surface area contributed by atoms with Crippen molar-refractivity contribution >= 4 is 18.9 Å². The lowest BCUT2D eigenvalue weighted by Crippen LogP contribution is -2.38. The van der Waals surface area contributed by atoms with Crippen molar-refractivity contribution in [1.29, 1.82) is 0 Å². The van der Waals surface area contributed by atoms with Gasteiger partial charge < -0.3 is 10.5 Å². The summed E-state index contributed by atoms with van der Waals surface area (Å²) in [6.45, 7) is 1.97. The summed E-state index contributed by atoms with van der Waals surface area (Å²) in [6, 6.07) is 10.0. The fourth-order valence-electron chi connectivity index (χ4n) is 3.77. The van der Waals surface area contributed by atoms with E-state index in [-0.39, 0.29) is 18.0 Å². The van der Waals surface area contributed by atoms with Crippen molar-refractivity contribution in [3.63, 3.8) is 0 Å². The van der Waals surface area contributed by atoms with Crippen LogP contribution in [0.25, 0.3) is 11.1 Å². The number of carbonyl (C=O) groups is 1. The Balaban J connectivity index is 0.000000261. The second-order valence-corrected chi connectivity index (χ2v) is 8.13. The topological polar surface area (TPSA) is 46.3 Å². The molecule has 1 heterocycles. The van der Waals surface area contributed by atoms with Gasteiger partial charge in [0.25, 0.3) is 5.92 Å². The second-order valence-electron chi connectivity index (χ2n) is 8.13. The predicted octanol–water partition coefficient (Wildman–Crippen LogP) is 4.76. The van der Waals surface area contributed by atoms with Gasteiger partial charge in [0.15, 0.2) is 0 Å². The first kappa shape index (κ1) is 25.4. The molecule has 31 heavy (non-hydrogen) atoms. The van der Waals surface area contributed by atoms with E-state index in [4.69, 9.17) is 5.73 Å². The van der Waals surface area contributed by atoms with Crippen LogP contribution in [0.4, 0.5) is 17.6 Å². The van der Waals surface area contributed by atoms with E-state index in [2.05, 4.69) is 12.6 Å². The highest BCUT2D eigenvalue weighted by Crippen LogP contribution is 2.59. The Hall–Kier alpha value is -1.90. The number of carbonyl (C=O) groups excluding carboxylic acids is 1. The number of rotatable bonds is 3. The minimum Gasteiger partial charge on any atom is -0.322 e. The van der Waals surface area contributed by atoms with Gasteiger partial charge in [0.2, 0.25) is 0 Å². The van der Waals surface area contributed by atoms with Crippen molar-refractivity contribution in [1.82, 2.24) is 4.90 Å². The number of nitrogens with two attached hydrogens (primary N) is 1. The molecule has 2 fully saturated rings. The first-order valence-corrected chi connectivity index (χ1v) is 10.7. The van der Waals surface area contributed by atoms with Crippen molar-refractivity contribution in [2.45, 2.75) is 31.2 Å². The highest BCUT2D eigenvalue weighted by Gasteiger charge is 2.51. The number of hydrogen-bond acceptors (Lipinski definition) is 4. The minimum absolute atomic E-state index is 0.0109. The van der Waals surface area contributed by atoms with Gasteiger partial charge in [-0.25, -0.2) is 17.6 Å². The Morgan fingerprint density at radius 1 is 1.10 bits per heavy atom. The van der Waals surface area contributed by atoms with Crippen molar-refractivity contribution in [3.05, 3.63) is 59.7 Å². The van der Waals surface area contributed by atoms with Gasteiger partial charge in [0, 0.05) is 12.0 Å². The Labute approximate surface area is 186 Å². The Bertz CT molecular complexity index is 891. The third kappa shape index (κ3) is 5.67. The molecule has 0 spiro atoms. The van der Waals surface area contributed by atoms with Crippen molar-refractivity contribution in [2.75, 3.05) is 26.4 Å². The largest absolute Gasteiger partial charge is 0.322 e. The summed E-state index contributed by atoms with van der Waals surface area (Å²) < 4.78 is 52.8. The van der Waals surface area contributed by atoms with Gasteiger partial charge in [-0.15, -0.1) is 0 Å². The minimum atomic E-state index is -2.67. The maximum absolute atomic E-state index is 14.0. The van der Waals surface area contributed by atoms with Crippen LogP contribution >= 0.6 is 12.6 Å². The number of nitrogens with zero attached hydrogens (tertiary/aromatic N) is 1. The van der Waals surface area contributed by atoms with Crippen LogP contribution in [0, 0.1) is 17.0 Å². The Morgan fingerprint density at radius 3 is 2.10 bits per heavy atom. The zero-order valence-electron chi connectivity index (χ0n) is 17.8. The van der Waals surface area contributed by atoms with Gasteiger partial charge >= 0.3 is 0 Å². The van der Waals surface area contributed by atoms with E-state index < -0.39 is 29.0 Å². The summed E-state index contributed by atoms with van der Waals surface area (Å²) >= 11 is 3.53. The first-order chi connectivity index (χ1) is 14.6. The predicted molar refractivity (Wildman–Crippen MR) is 119 cm³/mol. The van der Waals surface area contributed by atoms with Crippen LogP contribution < -0.4 is 5.73 Å². The SMILES string of the molecule is CC1(C=O)CC1c1ccccc1-c1c(F)cccc1F.CN1CC(N)C(F)(F)C1.CS. The Morgan fingerprint density at radius 2 is 1.68 bits per heavy atom. The van der Waals surface area contributed by atoms with E-state index in [1.165, 1.54) is 23.1 Å². The average Bonchev–Trinajstić information content (AvgIpc) is 3.34. The van der Waals surface area contributed by atoms with Gasteiger partial charge in [0.05, 0.1) is 18.2 Å². The van der Waals surface area contributed by atoms with E-state index in [1.54, 1.807) is 25.4 Å². The van der Waals surface area contributed by atoms with Crippen LogP contribution in [-0.4, -0.2) is 49.5 Å². The highest BCUT2D eigenvalue weighted by molar-refractivity contribution is 7.79. The molecule has 4 rings (SSSR count). The molecule has 1 saturated carbocycles.